The normalized spacial score (nSPS) is 24.6. The summed E-state index contributed by atoms with van der Waals surface area (Å²) in [5.41, 5.74) is 0.0337. The summed E-state index contributed by atoms with van der Waals surface area (Å²) in [5.74, 6) is 0. The third-order valence-electron chi connectivity index (χ3n) is 2.88. The van der Waals surface area contributed by atoms with Crippen molar-refractivity contribution in [1.29, 1.82) is 0 Å². The number of ether oxygens (including phenoxy) is 1. The van der Waals surface area contributed by atoms with E-state index in [1.165, 1.54) is 9.35 Å². The van der Waals surface area contributed by atoms with E-state index in [2.05, 4.69) is 46.5 Å². The van der Waals surface area contributed by atoms with Crippen LogP contribution in [0.1, 0.15) is 31.6 Å². The van der Waals surface area contributed by atoms with Crippen molar-refractivity contribution in [2.45, 2.75) is 44.9 Å². The van der Waals surface area contributed by atoms with Crippen molar-refractivity contribution >= 4 is 27.3 Å². The van der Waals surface area contributed by atoms with Crippen LogP contribution in [0.15, 0.2) is 15.9 Å². The van der Waals surface area contributed by atoms with Gasteiger partial charge in [0, 0.05) is 33.9 Å². The van der Waals surface area contributed by atoms with E-state index in [1.54, 1.807) is 11.3 Å². The molecule has 1 aromatic rings. The van der Waals surface area contributed by atoms with E-state index in [1.807, 2.05) is 0 Å². The molecule has 0 aromatic carbocycles. The van der Waals surface area contributed by atoms with E-state index >= 15 is 0 Å². The largest absolute Gasteiger partial charge is 0.375 e. The van der Waals surface area contributed by atoms with Gasteiger partial charge in [0.05, 0.1) is 5.60 Å². The van der Waals surface area contributed by atoms with Crippen LogP contribution in [-0.4, -0.2) is 18.2 Å². The Morgan fingerprint density at radius 2 is 2.44 bits per heavy atom. The van der Waals surface area contributed by atoms with Crippen molar-refractivity contribution in [3.63, 3.8) is 0 Å². The number of hydrogen-bond acceptors (Lipinski definition) is 3. The molecule has 90 valence electrons. The first kappa shape index (κ1) is 12.6. The summed E-state index contributed by atoms with van der Waals surface area (Å²) in [7, 11) is 0. The molecule has 4 heteroatoms. The maximum Gasteiger partial charge on any atom is 0.0641 e. The van der Waals surface area contributed by atoms with Gasteiger partial charge in [0.2, 0.25) is 0 Å². The van der Waals surface area contributed by atoms with Crippen LogP contribution in [0.5, 0.6) is 0 Å². The molecular formula is C12H18BrNOS. The fourth-order valence-electron chi connectivity index (χ4n) is 2.10. The van der Waals surface area contributed by atoms with Crippen molar-refractivity contribution < 1.29 is 4.74 Å². The first-order valence-corrected chi connectivity index (χ1v) is 7.33. The molecule has 0 radical (unpaired) electrons. The maximum atomic E-state index is 5.71. The smallest absolute Gasteiger partial charge is 0.0641 e. The predicted molar refractivity (Wildman–Crippen MR) is 71.9 cm³/mol. The number of hydrogen-bond donors (Lipinski definition) is 1. The van der Waals surface area contributed by atoms with Crippen LogP contribution in [0, 0.1) is 0 Å². The Bertz CT molecular complexity index is 351. The Kier molecular flexibility index (Phi) is 4.06. The fraction of sp³-hybridized carbons (Fsp3) is 0.667. The number of nitrogens with one attached hydrogen (secondary N) is 1. The zero-order chi connectivity index (χ0) is 11.6. The average Bonchev–Trinajstić information content (AvgIpc) is 2.60. The summed E-state index contributed by atoms with van der Waals surface area (Å²) < 4.78 is 6.89. The second kappa shape index (κ2) is 5.17. The molecule has 0 saturated carbocycles. The predicted octanol–water partition coefficient (Wildman–Crippen LogP) is 3.56. The molecular weight excluding hydrogens is 286 g/mol. The zero-order valence-electron chi connectivity index (χ0n) is 9.75. The summed E-state index contributed by atoms with van der Waals surface area (Å²) in [6.45, 7) is 6.18. The van der Waals surface area contributed by atoms with Gasteiger partial charge in [-0.1, -0.05) is 0 Å². The second-order valence-electron chi connectivity index (χ2n) is 4.91. The quantitative estimate of drug-likeness (QED) is 0.922. The lowest BCUT2D eigenvalue weighted by Gasteiger charge is -2.35. The molecule has 2 nitrogen and oxygen atoms in total. The molecule has 1 saturated heterocycles. The highest BCUT2D eigenvalue weighted by molar-refractivity contribution is 9.10. The van der Waals surface area contributed by atoms with Gasteiger partial charge in [-0.25, -0.2) is 0 Å². The molecule has 0 aliphatic carbocycles. The molecule has 0 amide bonds. The summed E-state index contributed by atoms with van der Waals surface area (Å²) in [5, 5.41) is 5.75. The van der Waals surface area contributed by atoms with Gasteiger partial charge in [0.1, 0.15) is 0 Å². The van der Waals surface area contributed by atoms with E-state index in [-0.39, 0.29) is 5.60 Å². The van der Waals surface area contributed by atoms with E-state index in [4.69, 9.17) is 4.74 Å². The molecule has 1 aliphatic rings. The van der Waals surface area contributed by atoms with Gasteiger partial charge in [-0.3, -0.25) is 0 Å². The Balaban J connectivity index is 1.82. The molecule has 2 rings (SSSR count). The molecule has 0 bridgehead atoms. The van der Waals surface area contributed by atoms with Crippen molar-refractivity contribution in [1.82, 2.24) is 5.32 Å². The first-order chi connectivity index (χ1) is 7.55. The van der Waals surface area contributed by atoms with Gasteiger partial charge < -0.3 is 10.1 Å². The van der Waals surface area contributed by atoms with Crippen LogP contribution in [0.3, 0.4) is 0 Å². The molecule has 1 N–H and O–H groups in total. The molecule has 1 aromatic heterocycles. The van der Waals surface area contributed by atoms with Gasteiger partial charge in [-0.05, 0) is 48.7 Å². The molecule has 1 atom stereocenters. The van der Waals surface area contributed by atoms with E-state index in [9.17, 15) is 0 Å². The van der Waals surface area contributed by atoms with Gasteiger partial charge in [0.25, 0.3) is 0 Å². The minimum atomic E-state index is 0.0337. The molecule has 2 heterocycles. The Hall–Kier alpha value is 0.1000. The van der Waals surface area contributed by atoms with E-state index in [0.29, 0.717) is 6.04 Å². The molecule has 1 unspecified atom stereocenters. The summed E-state index contributed by atoms with van der Waals surface area (Å²) in [6, 6.07) is 2.77. The number of rotatable bonds is 3. The van der Waals surface area contributed by atoms with Gasteiger partial charge in [0.15, 0.2) is 0 Å². The van der Waals surface area contributed by atoms with Crippen molar-refractivity contribution in [3.8, 4) is 0 Å². The lowest BCUT2D eigenvalue weighted by atomic mass is 9.94. The number of thiophene rings is 1. The minimum Gasteiger partial charge on any atom is -0.375 e. The van der Waals surface area contributed by atoms with Crippen LogP contribution < -0.4 is 5.32 Å². The van der Waals surface area contributed by atoms with Gasteiger partial charge >= 0.3 is 0 Å². The molecule has 0 spiro atoms. The van der Waals surface area contributed by atoms with Gasteiger partial charge in [-0.15, -0.1) is 11.3 Å². The Morgan fingerprint density at radius 3 is 3.06 bits per heavy atom. The van der Waals surface area contributed by atoms with Crippen LogP contribution >= 0.6 is 27.3 Å². The Morgan fingerprint density at radius 1 is 1.62 bits per heavy atom. The molecule has 1 aliphatic heterocycles. The SMILES string of the molecule is CC1(C)CC(NCc2cc(Br)cs2)CCO1. The highest BCUT2D eigenvalue weighted by atomic mass is 79.9. The van der Waals surface area contributed by atoms with Crippen molar-refractivity contribution in [2.24, 2.45) is 0 Å². The molecule has 16 heavy (non-hydrogen) atoms. The van der Waals surface area contributed by atoms with E-state index in [0.717, 1.165) is 26.0 Å². The van der Waals surface area contributed by atoms with Crippen LogP contribution in [0.4, 0.5) is 0 Å². The van der Waals surface area contributed by atoms with Crippen molar-refractivity contribution in [2.75, 3.05) is 6.61 Å². The van der Waals surface area contributed by atoms with Crippen LogP contribution in [0.2, 0.25) is 0 Å². The topological polar surface area (TPSA) is 21.3 Å². The highest BCUT2D eigenvalue weighted by Crippen LogP contribution is 2.25. The third kappa shape index (κ3) is 3.55. The minimum absolute atomic E-state index is 0.0337. The monoisotopic (exact) mass is 303 g/mol. The van der Waals surface area contributed by atoms with E-state index < -0.39 is 0 Å². The highest BCUT2D eigenvalue weighted by Gasteiger charge is 2.28. The van der Waals surface area contributed by atoms with Gasteiger partial charge in [-0.2, -0.15) is 0 Å². The maximum absolute atomic E-state index is 5.71. The third-order valence-corrected chi connectivity index (χ3v) is 4.58. The molecule has 1 fully saturated rings. The summed E-state index contributed by atoms with van der Waals surface area (Å²) >= 11 is 5.28. The van der Waals surface area contributed by atoms with Crippen LogP contribution in [0.25, 0.3) is 0 Å². The van der Waals surface area contributed by atoms with Crippen molar-refractivity contribution in [3.05, 3.63) is 20.8 Å². The fourth-order valence-corrected chi connectivity index (χ4v) is 3.50. The van der Waals surface area contributed by atoms with Crippen LogP contribution in [-0.2, 0) is 11.3 Å². The second-order valence-corrected chi connectivity index (χ2v) is 6.82. The standard InChI is InChI=1S/C12H18BrNOS/c1-12(2)6-10(3-4-15-12)14-7-11-5-9(13)8-16-11/h5,8,10,14H,3-4,6-7H2,1-2H3. The zero-order valence-corrected chi connectivity index (χ0v) is 12.2. The lowest BCUT2D eigenvalue weighted by Crippen LogP contribution is -2.43. The Labute approximate surface area is 110 Å². The lowest BCUT2D eigenvalue weighted by molar-refractivity contribution is -0.0630. The first-order valence-electron chi connectivity index (χ1n) is 5.65. The summed E-state index contributed by atoms with van der Waals surface area (Å²) in [6.07, 6.45) is 2.22. The summed E-state index contributed by atoms with van der Waals surface area (Å²) in [4.78, 5) is 1.39. The average molecular weight is 304 g/mol. The number of halogens is 1.